The maximum Gasteiger partial charge on any atom is 0.220 e. The lowest BCUT2D eigenvalue weighted by Gasteiger charge is -2.19. The summed E-state index contributed by atoms with van der Waals surface area (Å²) in [4.78, 5) is 12.3. The molecule has 0 aromatic carbocycles. The van der Waals surface area contributed by atoms with Crippen LogP contribution in [0, 0.1) is 0 Å². The van der Waals surface area contributed by atoms with Gasteiger partial charge in [-0.3, -0.25) is 4.79 Å². The van der Waals surface area contributed by atoms with E-state index in [-0.39, 0.29) is 12.5 Å². The third-order valence-electron chi connectivity index (χ3n) is 9.10. The predicted molar refractivity (Wildman–Crippen MR) is 202 cm³/mol. The molecule has 0 rings (SSSR count). The van der Waals surface area contributed by atoms with Gasteiger partial charge in [-0.25, -0.2) is 0 Å². The third kappa shape index (κ3) is 34.0. The molecule has 46 heavy (non-hydrogen) atoms. The molecule has 4 nitrogen and oxygen atoms in total. The van der Waals surface area contributed by atoms with Gasteiger partial charge in [0.15, 0.2) is 0 Å². The van der Waals surface area contributed by atoms with Gasteiger partial charge in [0.25, 0.3) is 0 Å². The van der Waals surface area contributed by atoms with Crippen LogP contribution in [-0.4, -0.2) is 34.9 Å². The fraction of sp³-hybridized carbons (Fsp3) is 0.833. The molecule has 0 saturated heterocycles. The Bertz CT molecular complexity index is 701. The van der Waals surface area contributed by atoms with E-state index in [0.29, 0.717) is 6.42 Å². The molecule has 0 aliphatic carbocycles. The van der Waals surface area contributed by atoms with Crippen LogP contribution in [0.4, 0.5) is 0 Å². The van der Waals surface area contributed by atoms with Crippen molar-refractivity contribution >= 4 is 5.91 Å². The minimum Gasteiger partial charge on any atom is -0.394 e. The van der Waals surface area contributed by atoms with Gasteiger partial charge in [0.1, 0.15) is 0 Å². The molecular formula is C42H79NO3. The minimum atomic E-state index is -0.863. The van der Waals surface area contributed by atoms with Crippen LogP contribution in [0.5, 0.6) is 0 Å². The van der Waals surface area contributed by atoms with E-state index in [9.17, 15) is 15.0 Å². The van der Waals surface area contributed by atoms with Gasteiger partial charge in [-0.2, -0.15) is 0 Å². The van der Waals surface area contributed by atoms with Crippen molar-refractivity contribution in [3.05, 3.63) is 36.5 Å². The van der Waals surface area contributed by atoms with E-state index in [1.54, 1.807) is 6.08 Å². The molecule has 0 fully saturated rings. The molecule has 0 bridgehead atoms. The maximum atomic E-state index is 12.3. The number of aliphatic hydroxyl groups is 2. The summed E-state index contributed by atoms with van der Waals surface area (Å²) in [5.74, 6) is -0.0855. The van der Waals surface area contributed by atoms with Crippen molar-refractivity contribution in [1.29, 1.82) is 0 Å². The lowest BCUT2D eigenvalue weighted by Crippen LogP contribution is -2.45. The van der Waals surface area contributed by atoms with Crippen LogP contribution in [0.1, 0.15) is 206 Å². The topological polar surface area (TPSA) is 69.6 Å². The maximum absolute atomic E-state index is 12.3. The summed E-state index contributed by atoms with van der Waals surface area (Å²) in [6, 6.07) is -0.640. The third-order valence-corrected chi connectivity index (χ3v) is 9.10. The number of amides is 1. The van der Waals surface area contributed by atoms with Crippen LogP contribution in [0.2, 0.25) is 0 Å². The van der Waals surface area contributed by atoms with Crippen LogP contribution in [0.3, 0.4) is 0 Å². The smallest absolute Gasteiger partial charge is 0.220 e. The Morgan fingerprint density at radius 3 is 1.33 bits per heavy atom. The summed E-state index contributed by atoms with van der Waals surface area (Å²) in [5.41, 5.74) is 0. The minimum absolute atomic E-state index is 0.0855. The summed E-state index contributed by atoms with van der Waals surface area (Å²) in [5, 5.41) is 22.9. The molecule has 2 atom stereocenters. The molecular weight excluding hydrogens is 566 g/mol. The summed E-state index contributed by atoms with van der Waals surface area (Å²) in [7, 11) is 0. The van der Waals surface area contributed by atoms with E-state index in [1.165, 1.54) is 141 Å². The second-order valence-electron chi connectivity index (χ2n) is 13.7. The molecule has 3 N–H and O–H groups in total. The van der Waals surface area contributed by atoms with Crippen molar-refractivity contribution in [2.45, 2.75) is 219 Å². The molecule has 0 aliphatic heterocycles. The first-order valence-electron chi connectivity index (χ1n) is 20.2. The average molecular weight is 646 g/mol. The van der Waals surface area contributed by atoms with E-state index < -0.39 is 12.1 Å². The number of allylic oxidation sites excluding steroid dienone is 5. The lowest BCUT2D eigenvalue weighted by atomic mass is 10.0. The number of hydrogen-bond acceptors (Lipinski definition) is 3. The molecule has 0 heterocycles. The number of aliphatic hydroxyl groups excluding tert-OH is 2. The van der Waals surface area contributed by atoms with Gasteiger partial charge in [0.05, 0.1) is 18.8 Å². The van der Waals surface area contributed by atoms with Crippen LogP contribution >= 0.6 is 0 Å². The molecule has 0 radical (unpaired) electrons. The predicted octanol–water partition coefficient (Wildman–Crippen LogP) is 12.2. The molecule has 4 heteroatoms. The Hall–Kier alpha value is -1.39. The van der Waals surface area contributed by atoms with E-state index >= 15 is 0 Å². The average Bonchev–Trinajstić information content (AvgIpc) is 3.06. The fourth-order valence-corrected chi connectivity index (χ4v) is 5.94. The van der Waals surface area contributed by atoms with Crippen molar-refractivity contribution < 1.29 is 15.0 Å². The zero-order valence-electron chi connectivity index (χ0n) is 30.8. The second-order valence-corrected chi connectivity index (χ2v) is 13.7. The molecule has 270 valence electrons. The number of nitrogens with one attached hydrogen (secondary N) is 1. The van der Waals surface area contributed by atoms with E-state index in [1.807, 2.05) is 6.08 Å². The van der Waals surface area contributed by atoms with Crippen molar-refractivity contribution in [2.24, 2.45) is 0 Å². The Labute approximate surface area is 287 Å². The number of rotatable bonds is 36. The second kappa shape index (κ2) is 38.1. The fourth-order valence-electron chi connectivity index (χ4n) is 5.94. The molecule has 1 amide bonds. The van der Waals surface area contributed by atoms with Crippen molar-refractivity contribution in [2.75, 3.05) is 6.61 Å². The van der Waals surface area contributed by atoms with Gasteiger partial charge in [-0.15, -0.1) is 0 Å². The van der Waals surface area contributed by atoms with Crippen molar-refractivity contribution in [3.8, 4) is 0 Å². The van der Waals surface area contributed by atoms with Crippen LogP contribution in [0.15, 0.2) is 36.5 Å². The van der Waals surface area contributed by atoms with Crippen molar-refractivity contribution in [1.82, 2.24) is 5.32 Å². The van der Waals surface area contributed by atoms with E-state index in [2.05, 4.69) is 43.5 Å². The molecule has 0 spiro atoms. The number of carbonyl (C=O) groups is 1. The zero-order valence-corrected chi connectivity index (χ0v) is 30.8. The monoisotopic (exact) mass is 646 g/mol. The highest BCUT2D eigenvalue weighted by molar-refractivity contribution is 5.76. The van der Waals surface area contributed by atoms with Gasteiger partial charge >= 0.3 is 0 Å². The Balaban J connectivity index is 3.60. The lowest BCUT2D eigenvalue weighted by molar-refractivity contribution is -0.123. The normalized spacial score (nSPS) is 13.4. The van der Waals surface area contributed by atoms with Gasteiger partial charge in [-0.05, 0) is 51.4 Å². The van der Waals surface area contributed by atoms with Gasteiger partial charge in [0, 0.05) is 6.42 Å². The van der Waals surface area contributed by atoms with Gasteiger partial charge in [-0.1, -0.05) is 185 Å². The first-order chi connectivity index (χ1) is 22.7. The van der Waals surface area contributed by atoms with E-state index in [4.69, 9.17) is 0 Å². The van der Waals surface area contributed by atoms with Crippen LogP contribution in [0.25, 0.3) is 0 Å². The first kappa shape index (κ1) is 44.6. The highest BCUT2D eigenvalue weighted by Crippen LogP contribution is 2.15. The number of carbonyl (C=O) groups excluding carboxylic acids is 1. The summed E-state index contributed by atoms with van der Waals surface area (Å²) < 4.78 is 0. The quantitative estimate of drug-likeness (QED) is 0.0469. The molecule has 0 aromatic rings. The Kier molecular flexibility index (Phi) is 36.9. The molecule has 0 aromatic heterocycles. The first-order valence-corrected chi connectivity index (χ1v) is 20.2. The van der Waals surface area contributed by atoms with Crippen LogP contribution < -0.4 is 5.32 Å². The highest BCUT2D eigenvalue weighted by Gasteiger charge is 2.17. The summed E-state index contributed by atoms with van der Waals surface area (Å²) in [6.07, 6.45) is 49.7. The van der Waals surface area contributed by atoms with Crippen molar-refractivity contribution in [3.63, 3.8) is 0 Å². The van der Waals surface area contributed by atoms with Crippen LogP contribution in [-0.2, 0) is 4.79 Å². The standard InChI is InChI=1S/C42H79NO3/c1-3-5-7-9-11-13-15-16-17-18-19-20-21-22-23-24-25-26-28-29-31-33-35-37-41(45)40(39-44)43-42(46)38-36-34-32-30-27-14-12-10-8-6-4-2/h10,12,28-29,35,37,40-41,44-45H,3-9,11,13-27,30-34,36,38-39H2,1-2H3,(H,43,46)/b12-10-,29-28+,37-35+. The molecule has 2 unspecified atom stereocenters. The highest BCUT2D eigenvalue weighted by atomic mass is 16.3. The Morgan fingerprint density at radius 1 is 0.500 bits per heavy atom. The summed E-state index contributed by atoms with van der Waals surface area (Å²) in [6.45, 7) is 4.25. The number of unbranched alkanes of at least 4 members (excludes halogenated alkanes) is 25. The Morgan fingerprint density at radius 2 is 0.870 bits per heavy atom. The molecule has 0 saturated carbocycles. The van der Waals surface area contributed by atoms with E-state index in [0.717, 1.165) is 44.9 Å². The zero-order chi connectivity index (χ0) is 33.6. The largest absolute Gasteiger partial charge is 0.394 e. The molecule has 0 aliphatic rings. The van der Waals surface area contributed by atoms with Gasteiger partial charge in [0.2, 0.25) is 5.91 Å². The SMILES string of the molecule is CCCC/C=C\CCCCCCCC(=O)NC(CO)C(O)/C=C/CC/C=C/CCCCCCCCCCCCCCCCCCC. The number of hydrogen-bond donors (Lipinski definition) is 3. The summed E-state index contributed by atoms with van der Waals surface area (Å²) >= 11 is 0. The van der Waals surface area contributed by atoms with Gasteiger partial charge < -0.3 is 15.5 Å².